The van der Waals surface area contributed by atoms with Crippen molar-refractivity contribution in [3.8, 4) is 0 Å². The van der Waals surface area contributed by atoms with Gasteiger partial charge in [0.15, 0.2) is 0 Å². The second kappa shape index (κ2) is 3.96. The van der Waals surface area contributed by atoms with Gasteiger partial charge in [0.1, 0.15) is 5.82 Å². The molecule has 0 aliphatic heterocycles. The number of benzene rings is 1. The summed E-state index contributed by atoms with van der Waals surface area (Å²) >= 11 is 3.12. The Labute approximate surface area is 103 Å². The summed E-state index contributed by atoms with van der Waals surface area (Å²) in [6, 6.07) is 3.27. The minimum absolute atomic E-state index is 0.187. The Morgan fingerprint density at radius 1 is 1.41 bits per heavy atom. The summed E-state index contributed by atoms with van der Waals surface area (Å²) in [6.07, 6.45) is 0. The van der Waals surface area contributed by atoms with Gasteiger partial charge in [-0.3, -0.25) is 4.79 Å². The van der Waals surface area contributed by atoms with Gasteiger partial charge < -0.3 is 9.67 Å². The number of carbonyl (C=O) groups is 1. The first kappa shape index (κ1) is 11.8. The van der Waals surface area contributed by atoms with Crippen LogP contribution >= 0.6 is 15.9 Å². The largest absolute Gasteiger partial charge is 0.478 e. The molecule has 2 rings (SSSR count). The predicted octanol–water partition coefficient (Wildman–Crippen LogP) is 2.14. The van der Waals surface area contributed by atoms with Crippen LogP contribution in [0.1, 0.15) is 10.4 Å². The molecule has 1 aromatic heterocycles. The average molecular weight is 300 g/mol. The second-order valence-corrected chi connectivity index (χ2v) is 4.40. The van der Waals surface area contributed by atoms with E-state index < -0.39 is 17.3 Å². The molecule has 0 unspecified atom stereocenters. The smallest absolute Gasteiger partial charge is 0.336 e. The summed E-state index contributed by atoms with van der Waals surface area (Å²) < 4.78 is 14.9. The quantitative estimate of drug-likeness (QED) is 0.877. The van der Waals surface area contributed by atoms with Crippen molar-refractivity contribution in [3.05, 3.63) is 44.4 Å². The van der Waals surface area contributed by atoms with E-state index in [-0.39, 0.29) is 10.9 Å². The van der Waals surface area contributed by atoms with Gasteiger partial charge in [-0.15, -0.1) is 0 Å². The summed E-state index contributed by atoms with van der Waals surface area (Å²) in [5.74, 6) is -1.82. The van der Waals surface area contributed by atoms with Crippen LogP contribution < -0.4 is 5.56 Å². The number of pyridine rings is 1. The molecule has 88 valence electrons. The molecule has 17 heavy (non-hydrogen) atoms. The van der Waals surface area contributed by atoms with Crippen molar-refractivity contribution in [1.29, 1.82) is 0 Å². The Bertz CT molecular complexity index is 693. The molecule has 0 atom stereocenters. The van der Waals surface area contributed by atoms with E-state index in [0.29, 0.717) is 9.99 Å². The van der Waals surface area contributed by atoms with E-state index in [9.17, 15) is 14.0 Å². The maximum atomic E-state index is 13.3. The number of halogens is 2. The SMILES string of the molecule is Cn1c(=O)cc(C(=O)O)c2cc(F)cc(Br)c21. The molecule has 1 aromatic carbocycles. The molecule has 0 saturated carbocycles. The third-order valence-electron chi connectivity index (χ3n) is 2.48. The van der Waals surface area contributed by atoms with Crippen LogP contribution in [0.5, 0.6) is 0 Å². The van der Waals surface area contributed by atoms with Gasteiger partial charge in [0.2, 0.25) is 0 Å². The van der Waals surface area contributed by atoms with Crippen LogP contribution in [-0.4, -0.2) is 15.6 Å². The highest BCUT2D eigenvalue weighted by Gasteiger charge is 2.15. The molecular formula is C11H7BrFNO3. The van der Waals surface area contributed by atoms with Crippen LogP contribution in [0.15, 0.2) is 27.5 Å². The van der Waals surface area contributed by atoms with Gasteiger partial charge in [0.05, 0.1) is 11.1 Å². The number of hydrogen-bond donors (Lipinski definition) is 1. The standard InChI is InChI=1S/C11H7BrFNO3/c1-14-9(15)4-7(11(16)17)6-2-5(13)3-8(12)10(6)14/h2-4H,1H3,(H,16,17). The van der Waals surface area contributed by atoms with E-state index in [1.807, 2.05) is 0 Å². The summed E-state index contributed by atoms with van der Waals surface area (Å²) in [5.41, 5.74) is -0.304. The lowest BCUT2D eigenvalue weighted by molar-refractivity contribution is 0.0699. The molecule has 0 fully saturated rings. The Morgan fingerprint density at radius 3 is 2.65 bits per heavy atom. The molecule has 0 saturated heterocycles. The number of carboxylic acids is 1. The first-order valence-electron chi connectivity index (χ1n) is 4.64. The van der Waals surface area contributed by atoms with Crippen molar-refractivity contribution in [2.45, 2.75) is 0 Å². The van der Waals surface area contributed by atoms with Crippen molar-refractivity contribution >= 4 is 32.8 Å². The number of nitrogens with zero attached hydrogens (tertiary/aromatic N) is 1. The molecule has 4 nitrogen and oxygen atoms in total. The number of rotatable bonds is 1. The van der Waals surface area contributed by atoms with Crippen molar-refractivity contribution in [2.75, 3.05) is 0 Å². The third kappa shape index (κ3) is 1.84. The lowest BCUT2D eigenvalue weighted by Crippen LogP contribution is -2.19. The lowest BCUT2D eigenvalue weighted by Gasteiger charge is -2.09. The van der Waals surface area contributed by atoms with E-state index in [0.717, 1.165) is 12.1 Å². The Kier molecular flexibility index (Phi) is 2.74. The van der Waals surface area contributed by atoms with Crippen LogP contribution in [0, 0.1) is 5.82 Å². The van der Waals surface area contributed by atoms with E-state index >= 15 is 0 Å². The van der Waals surface area contributed by atoms with E-state index in [4.69, 9.17) is 5.11 Å². The molecule has 1 N–H and O–H groups in total. The zero-order chi connectivity index (χ0) is 12.7. The predicted molar refractivity (Wildman–Crippen MR) is 63.8 cm³/mol. The number of aromatic nitrogens is 1. The highest BCUT2D eigenvalue weighted by molar-refractivity contribution is 9.10. The van der Waals surface area contributed by atoms with Gasteiger partial charge in [-0.25, -0.2) is 9.18 Å². The van der Waals surface area contributed by atoms with Crippen molar-refractivity contribution in [3.63, 3.8) is 0 Å². The minimum atomic E-state index is -1.26. The monoisotopic (exact) mass is 299 g/mol. The summed E-state index contributed by atoms with van der Waals surface area (Å²) in [4.78, 5) is 22.6. The molecule has 0 spiro atoms. The van der Waals surface area contributed by atoms with Gasteiger partial charge in [-0.1, -0.05) is 0 Å². The fourth-order valence-corrected chi connectivity index (χ4v) is 2.40. The minimum Gasteiger partial charge on any atom is -0.478 e. The fourth-order valence-electron chi connectivity index (χ4n) is 1.70. The van der Waals surface area contributed by atoms with Gasteiger partial charge in [-0.05, 0) is 28.1 Å². The number of hydrogen-bond acceptors (Lipinski definition) is 2. The molecule has 0 aliphatic rings. The van der Waals surface area contributed by atoms with Crippen molar-refractivity contribution in [2.24, 2.45) is 7.05 Å². The Hall–Kier alpha value is -1.69. The van der Waals surface area contributed by atoms with E-state index in [2.05, 4.69) is 15.9 Å². The van der Waals surface area contributed by atoms with Crippen LogP contribution in [0.3, 0.4) is 0 Å². The molecule has 0 aliphatic carbocycles. The van der Waals surface area contributed by atoms with Gasteiger partial charge in [0.25, 0.3) is 5.56 Å². The highest BCUT2D eigenvalue weighted by Crippen LogP contribution is 2.26. The van der Waals surface area contributed by atoms with Gasteiger partial charge in [0, 0.05) is 23.0 Å². The zero-order valence-electron chi connectivity index (χ0n) is 8.70. The number of aryl methyl sites for hydroxylation is 1. The summed E-state index contributed by atoms with van der Waals surface area (Å²) in [5, 5.41) is 9.18. The topological polar surface area (TPSA) is 59.3 Å². The van der Waals surface area contributed by atoms with Gasteiger partial charge in [-0.2, -0.15) is 0 Å². The lowest BCUT2D eigenvalue weighted by atomic mass is 10.1. The first-order valence-corrected chi connectivity index (χ1v) is 5.43. The van der Waals surface area contributed by atoms with E-state index in [1.165, 1.54) is 17.7 Å². The Balaban J connectivity index is 3.09. The zero-order valence-corrected chi connectivity index (χ0v) is 10.3. The molecule has 0 radical (unpaired) electrons. The first-order chi connectivity index (χ1) is 7.91. The molecular weight excluding hydrogens is 293 g/mol. The second-order valence-electron chi connectivity index (χ2n) is 3.54. The average Bonchev–Trinajstić information content (AvgIpc) is 2.21. The van der Waals surface area contributed by atoms with Crippen LogP contribution in [-0.2, 0) is 7.05 Å². The van der Waals surface area contributed by atoms with Crippen molar-refractivity contribution in [1.82, 2.24) is 4.57 Å². The molecule has 0 amide bonds. The highest BCUT2D eigenvalue weighted by atomic mass is 79.9. The van der Waals surface area contributed by atoms with Gasteiger partial charge >= 0.3 is 5.97 Å². The Morgan fingerprint density at radius 2 is 2.06 bits per heavy atom. The number of carboxylic acid groups (broad SMARTS) is 1. The molecule has 0 bridgehead atoms. The number of fused-ring (bicyclic) bond motifs is 1. The number of aromatic carboxylic acids is 1. The maximum absolute atomic E-state index is 13.3. The van der Waals surface area contributed by atoms with Crippen molar-refractivity contribution < 1.29 is 14.3 Å². The van der Waals surface area contributed by atoms with Crippen LogP contribution in [0.2, 0.25) is 0 Å². The van der Waals surface area contributed by atoms with Crippen LogP contribution in [0.25, 0.3) is 10.9 Å². The normalized spacial score (nSPS) is 10.8. The molecule has 6 heteroatoms. The van der Waals surface area contributed by atoms with Crippen LogP contribution in [0.4, 0.5) is 4.39 Å². The molecule has 2 aromatic rings. The third-order valence-corrected chi connectivity index (χ3v) is 3.09. The fraction of sp³-hybridized carbons (Fsp3) is 0.0909. The van der Waals surface area contributed by atoms with E-state index in [1.54, 1.807) is 0 Å². The molecule has 1 heterocycles. The summed E-state index contributed by atoms with van der Waals surface area (Å²) in [7, 11) is 1.50. The summed E-state index contributed by atoms with van der Waals surface area (Å²) in [6.45, 7) is 0. The maximum Gasteiger partial charge on any atom is 0.336 e.